The molecule has 12 nitrogen and oxygen atoms in total. The first-order chi connectivity index (χ1) is 27.8. The smallest absolute Gasteiger partial charge is 0.168 e. The molecule has 13 aromatic heterocycles. The van der Waals surface area contributed by atoms with Gasteiger partial charge in [0.15, 0.2) is 11.3 Å². The lowest BCUT2D eigenvalue weighted by molar-refractivity contribution is 1.21. The van der Waals surface area contributed by atoms with Crippen molar-refractivity contribution in [1.29, 1.82) is 0 Å². The summed E-state index contributed by atoms with van der Waals surface area (Å²) in [7, 11) is 0. The molecule has 56 heavy (non-hydrogen) atoms. The average Bonchev–Trinajstić information content (AvgIpc) is 3.99. The van der Waals surface area contributed by atoms with Crippen molar-refractivity contribution in [3.05, 3.63) is 135 Å². The van der Waals surface area contributed by atoms with Gasteiger partial charge in [0.2, 0.25) is 0 Å². The number of fused-ring (bicyclic) bond motifs is 12. The van der Waals surface area contributed by atoms with Gasteiger partial charge in [0.05, 0.1) is 57.2 Å². The summed E-state index contributed by atoms with van der Waals surface area (Å²) < 4.78 is 4.31. The van der Waals surface area contributed by atoms with E-state index in [1.54, 1.807) is 24.8 Å². The number of aromatic nitrogens is 12. The Morgan fingerprint density at radius 1 is 0.357 bits per heavy atom. The Hall–Kier alpha value is -8.12. The molecule has 13 heterocycles. The van der Waals surface area contributed by atoms with E-state index in [-0.39, 0.29) is 0 Å². The van der Waals surface area contributed by atoms with Crippen molar-refractivity contribution in [2.45, 2.75) is 0 Å². The van der Waals surface area contributed by atoms with Crippen LogP contribution in [0.5, 0.6) is 0 Å². The average molecular weight is 719 g/mol. The monoisotopic (exact) mass is 718 g/mol. The van der Waals surface area contributed by atoms with Crippen LogP contribution < -0.4 is 0 Å². The Balaban J connectivity index is 1.18. The molecule has 0 saturated heterocycles. The third kappa shape index (κ3) is 3.90. The molecule has 0 aliphatic heterocycles. The maximum atomic E-state index is 5.51. The summed E-state index contributed by atoms with van der Waals surface area (Å²) in [5.41, 5.74) is 14.8. The van der Waals surface area contributed by atoms with Gasteiger partial charge in [-0.2, -0.15) is 0 Å². The summed E-state index contributed by atoms with van der Waals surface area (Å²) in [6.07, 6.45) is 18.2. The van der Waals surface area contributed by atoms with Gasteiger partial charge in [0, 0.05) is 93.4 Å². The van der Waals surface area contributed by atoms with Gasteiger partial charge in [-0.25, -0.2) is 19.9 Å². The summed E-state index contributed by atoms with van der Waals surface area (Å²) >= 11 is 0. The molecule has 0 fully saturated rings. The lowest BCUT2D eigenvalue weighted by Crippen LogP contribution is -1.93. The van der Waals surface area contributed by atoms with Crippen LogP contribution in [-0.4, -0.2) is 58.6 Å². The standard InChI is InChI=1S/C44H22N12/c1-5-23(17-45-9-1)31-13-27-29-15-33(25-7-3-11-47-19-25)51-37-39-43(55(41(29)37)35(27)21-49-31)54-44-40(53-39)38-42-30(16-34(52-38)26-8-4-12-48-20-26)28-14-32(24-6-2-10-46-18-24)50-22-36(28)56(42)44/h1-22H. The Bertz CT molecular complexity index is 3440. The molecular weight excluding hydrogens is 697 g/mol. The van der Waals surface area contributed by atoms with Gasteiger partial charge < -0.3 is 0 Å². The van der Waals surface area contributed by atoms with Gasteiger partial charge in [-0.1, -0.05) is 0 Å². The number of hydrogen-bond acceptors (Lipinski definition) is 10. The molecule has 258 valence electrons. The second-order valence-electron chi connectivity index (χ2n) is 13.9. The zero-order valence-corrected chi connectivity index (χ0v) is 29.1. The molecule has 0 spiro atoms. The van der Waals surface area contributed by atoms with Crippen molar-refractivity contribution in [2.24, 2.45) is 0 Å². The fourth-order valence-corrected chi connectivity index (χ4v) is 8.35. The molecule has 0 aliphatic carbocycles. The Morgan fingerprint density at radius 2 is 0.750 bits per heavy atom. The van der Waals surface area contributed by atoms with Gasteiger partial charge in [-0.05, 0) is 72.8 Å². The Labute approximate surface area is 314 Å². The Kier molecular flexibility index (Phi) is 5.63. The van der Waals surface area contributed by atoms with Gasteiger partial charge in [0.1, 0.15) is 22.1 Å². The van der Waals surface area contributed by atoms with E-state index >= 15 is 0 Å². The van der Waals surface area contributed by atoms with Gasteiger partial charge in [0.25, 0.3) is 0 Å². The molecule has 0 amide bonds. The SMILES string of the molecule is c1cncc(-c2cc3c4cc(-c5cccnc5)nc5c6nc7c8nc(-c9cccnc9)cc9c%10cc(-c%11cccnc%11)ncc%10n(c7nc6n(c3cn2)c45)c98)c1. The molecule has 0 atom stereocenters. The van der Waals surface area contributed by atoms with Crippen molar-refractivity contribution in [2.75, 3.05) is 0 Å². The lowest BCUT2D eigenvalue weighted by Gasteiger charge is -2.05. The predicted molar refractivity (Wildman–Crippen MR) is 215 cm³/mol. The topological polar surface area (TPSA) is 138 Å². The molecule has 0 aromatic carbocycles. The molecule has 0 saturated carbocycles. The van der Waals surface area contributed by atoms with E-state index in [0.717, 1.165) is 99.7 Å². The highest BCUT2D eigenvalue weighted by Crippen LogP contribution is 2.43. The van der Waals surface area contributed by atoms with E-state index in [1.165, 1.54) is 0 Å². The summed E-state index contributed by atoms with van der Waals surface area (Å²) in [5, 5.41) is 4.11. The number of rotatable bonds is 4. The van der Waals surface area contributed by atoms with Crippen LogP contribution in [0.1, 0.15) is 0 Å². The second kappa shape index (κ2) is 10.7. The quantitative estimate of drug-likeness (QED) is 0.174. The first kappa shape index (κ1) is 29.3. The summed E-state index contributed by atoms with van der Waals surface area (Å²) in [6.45, 7) is 0. The van der Waals surface area contributed by atoms with E-state index in [2.05, 4.69) is 53.0 Å². The molecule has 13 aromatic rings. The van der Waals surface area contributed by atoms with Crippen LogP contribution >= 0.6 is 0 Å². The van der Waals surface area contributed by atoms with E-state index in [4.69, 9.17) is 29.9 Å². The van der Waals surface area contributed by atoms with E-state index < -0.39 is 0 Å². The van der Waals surface area contributed by atoms with E-state index in [1.807, 2.05) is 85.7 Å². The zero-order valence-electron chi connectivity index (χ0n) is 29.1. The third-order valence-corrected chi connectivity index (χ3v) is 10.8. The molecule has 12 heteroatoms. The predicted octanol–water partition coefficient (Wildman–Crippen LogP) is 8.60. The summed E-state index contributed by atoms with van der Waals surface area (Å²) in [4.78, 5) is 48.9. The number of nitrogens with zero attached hydrogens (tertiary/aromatic N) is 12. The van der Waals surface area contributed by atoms with Crippen molar-refractivity contribution < 1.29 is 0 Å². The van der Waals surface area contributed by atoms with E-state index in [9.17, 15) is 0 Å². The Morgan fingerprint density at radius 3 is 1.14 bits per heavy atom. The maximum absolute atomic E-state index is 5.51. The highest BCUT2D eigenvalue weighted by atomic mass is 15.1. The van der Waals surface area contributed by atoms with Gasteiger partial charge >= 0.3 is 0 Å². The first-order valence-electron chi connectivity index (χ1n) is 18.0. The van der Waals surface area contributed by atoms with E-state index in [0.29, 0.717) is 22.3 Å². The summed E-state index contributed by atoms with van der Waals surface area (Å²) in [5.74, 6) is 0. The summed E-state index contributed by atoms with van der Waals surface area (Å²) in [6, 6.07) is 24.3. The zero-order chi connectivity index (χ0) is 36.5. The molecule has 0 aliphatic rings. The van der Waals surface area contributed by atoms with Crippen LogP contribution in [0.25, 0.3) is 122 Å². The van der Waals surface area contributed by atoms with Crippen LogP contribution in [0.3, 0.4) is 0 Å². The minimum atomic E-state index is 0.681. The molecule has 0 radical (unpaired) electrons. The van der Waals surface area contributed by atoms with Crippen LogP contribution in [0, 0.1) is 0 Å². The fourth-order valence-electron chi connectivity index (χ4n) is 8.35. The van der Waals surface area contributed by atoms with Gasteiger partial charge in [-0.3, -0.25) is 38.7 Å². The largest absolute Gasteiger partial charge is 0.288 e. The lowest BCUT2D eigenvalue weighted by atomic mass is 10.1. The van der Waals surface area contributed by atoms with Crippen LogP contribution in [0.15, 0.2) is 135 Å². The van der Waals surface area contributed by atoms with Crippen molar-refractivity contribution in [1.82, 2.24) is 58.6 Å². The van der Waals surface area contributed by atoms with Crippen LogP contribution in [0.2, 0.25) is 0 Å². The second-order valence-corrected chi connectivity index (χ2v) is 13.9. The normalized spacial score (nSPS) is 12.3. The number of pyridine rings is 8. The van der Waals surface area contributed by atoms with Crippen LogP contribution in [0.4, 0.5) is 0 Å². The molecule has 0 bridgehead atoms. The third-order valence-electron chi connectivity index (χ3n) is 10.8. The van der Waals surface area contributed by atoms with Crippen molar-refractivity contribution in [3.63, 3.8) is 0 Å². The maximum Gasteiger partial charge on any atom is 0.168 e. The molecular formula is C44H22N12. The minimum Gasteiger partial charge on any atom is -0.288 e. The van der Waals surface area contributed by atoms with Crippen molar-refractivity contribution >= 4 is 77.0 Å². The molecule has 0 unspecified atom stereocenters. The molecule has 0 N–H and O–H groups in total. The van der Waals surface area contributed by atoms with Gasteiger partial charge in [-0.15, -0.1) is 0 Å². The highest BCUT2D eigenvalue weighted by molar-refractivity contribution is 6.25. The number of hydrogen-bond donors (Lipinski definition) is 0. The van der Waals surface area contributed by atoms with Crippen molar-refractivity contribution in [3.8, 4) is 45.0 Å². The van der Waals surface area contributed by atoms with Crippen LogP contribution in [-0.2, 0) is 0 Å². The highest BCUT2D eigenvalue weighted by Gasteiger charge is 2.28. The fraction of sp³-hybridized carbons (Fsp3) is 0. The minimum absolute atomic E-state index is 0.681. The molecule has 13 rings (SSSR count). The first-order valence-corrected chi connectivity index (χ1v) is 18.0.